The maximum Gasteiger partial charge on any atom is 0.256 e. The fourth-order valence-corrected chi connectivity index (χ4v) is 1.71. The number of nitrogens with one attached hydrogen (secondary N) is 1. The molecule has 16 heavy (non-hydrogen) atoms. The van der Waals surface area contributed by atoms with Gasteiger partial charge >= 0.3 is 0 Å². The molecular formula is C8H12ClN6O+. The molecule has 2 heterocycles. The first-order valence-corrected chi connectivity index (χ1v) is 5.39. The average molecular weight is 244 g/mol. The van der Waals surface area contributed by atoms with Crippen molar-refractivity contribution in [2.45, 2.75) is 0 Å². The first kappa shape index (κ1) is 10.9. The Morgan fingerprint density at radius 1 is 1.75 bits per heavy atom. The van der Waals surface area contributed by atoms with Gasteiger partial charge in [-0.05, 0) is 0 Å². The van der Waals surface area contributed by atoms with Crippen LogP contribution in [0.4, 0.5) is 5.82 Å². The van der Waals surface area contributed by atoms with Crippen LogP contribution < -0.4 is 10.7 Å². The van der Waals surface area contributed by atoms with E-state index in [1.165, 1.54) is 6.20 Å². The molecule has 1 amide bonds. The summed E-state index contributed by atoms with van der Waals surface area (Å²) in [5, 5.41) is 12.4. The molecule has 7 nitrogen and oxygen atoms in total. The number of hydrogen-bond donors (Lipinski definition) is 2. The van der Waals surface area contributed by atoms with Crippen molar-refractivity contribution < 1.29 is 9.49 Å². The van der Waals surface area contributed by atoms with Crippen molar-refractivity contribution >= 4 is 23.3 Å². The van der Waals surface area contributed by atoms with E-state index in [4.69, 9.17) is 17.3 Å². The van der Waals surface area contributed by atoms with Gasteiger partial charge in [-0.25, -0.2) is 5.10 Å². The highest BCUT2D eigenvalue weighted by Gasteiger charge is 2.28. The van der Waals surface area contributed by atoms with E-state index < -0.39 is 5.91 Å². The van der Waals surface area contributed by atoms with Crippen molar-refractivity contribution in [2.75, 3.05) is 30.5 Å². The Balaban J connectivity index is 2.20. The zero-order valence-corrected chi connectivity index (χ0v) is 9.31. The number of carbonyl (C=O) groups is 1. The van der Waals surface area contributed by atoms with Gasteiger partial charge in [-0.3, -0.25) is 4.79 Å². The van der Waals surface area contributed by atoms with Crippen molar-refractivity contribution in [1.82, 2.24) is 10.2 Å². The van der Waals surface area contributed by atoms with Crippen molar-refractivity contribution in [3.8, 4) is 0 Å². The Morgan fingerprint density at radius 3 is 3.25 bits per heavy atom. The van der Waals surface area contributed by atoms with Gasteiger partial charge in [0.2, 0.25) is 0 Å². The lowest BCUT2D eigenvalue weighted by Gasteiger charge is -2.00. The SMILES string of the molecule is NC(=O)c1cn[nH]c1N1CC[N+](CCCl)=N1. The lowest BCUT2D eigenvalue weighted by Crippen LogP contribution is -2.19. The number of aromatic amines is 1. The van der Waals surface area contributed by atoms with E-state index >= 15 is 0 Å². The number of nitrogens with two attached hydrogens (primary N) is 1. The van der Waals surface area contributed by atoms with Gasteiger partial charge in [0, 0.05) is 0 Å². The van der Waals surface area contributed by atoms with Crippen LogP contribution in [0.15, 0.2) is 11.4 Å². The van der Waals surface area contributed by atoms with Crippen LogP contribution in [0.2, 0.25) is 0 Å². The van der Waals surface area contributed by atoms with Gasteiger partial charge in [0.15, 0.2) is 6.54 Å². The predicted molar refractivity (Wildman–Crippen MR) is 57.6 cm³/mol. The second-order valence-electron chi connectivity index (χ2n) is 3.35. The van der Waals surface area contributed by atoms with E-state index in [1.807, 2.05) is 4.70 Å². The number of primary amides is 1. The molecule has 0 unspecified atom stereocenters. The minimum absolute atomic E-state index is 0.344. The molecule has 1 aliphatic heterocycles. The number of rotatable bonds is 4. The molecule has 0 radical (unpaired) electrons. The molecule has 1 aromatic heterocycles. The molecule has 0 bridgehead atoms. The lowest BCUT2D eigenvalue weighted by atomic mass is 10.3. The van der Waals surface area contributed by atoms with Gasteiger partial charge in [-0.1, -0.05) is 0 Å². The van der Waals surface area contributed by atoms with Gasteiger partial charge in [0.1, 0.15) is 18.7 Å². The summed E-state index contributed by atoms with van der Waals surface area (Å²) in [6.07, 6.45) is 1.40. The third kappa shape index (κ3) is 1.99. The summed E-state index contributed by atoms with van der Waals surface area (Å²) in [5.41, 5.74) is 5.56. The summed E-state index contributed by atoms with van der Waals surface area (Å²) in [5.74, 6) is 0.530. The maximum absolute atomic E-state index is 11.1. The summed E-state index contributed by atoms with van der Waals surface area (Å²) in [6, 6.07) is 0. The van der Waals surface area contributed by atoms with E-state index in [2.05, 4.69) is 15.4 Å². The van der Waals surface area contributed by atoms with Crippen molar-refractivity contribution in [1.29, 1.82) is 0 Å². The number of H-pyrrole nitrogens is 1. The number of alkyl halides is 1. The van der Waals surface area contributed by atoms with Crippen LogP contribution in [0.5, 0.6) is 0 Å². The van der Waals surface area contributed by atoms with Gasteiger partial charge < -0.3 is 5.73 Å². The van der Waals surface area contributed by atoms with Crippen LogP contribution in [0.25, 0.3) is 0 Å². The maximum atomic E-state index is 11.1. The van der Waals surface area contributed by atoms with Crippen molar-refractivity contribution in [3.05, 3.63) is 11.8 Å². The molecule has 0 aliphatic carbocycles. The van der Waals surface area contributed by atoms with E-state index in [0.29, 0.717) is 30.4 Å². The molecule has 1 aliphatic rings. The van der Waals surface area contributed by atoms with E-state index in [1.54, 1.807) is 5.01 Å². The number of halogens is 1. The molecule has 1 aromatic rings. The topological polar surface area (TPSA) is 90.4 Å². The molecular weight excluding hydrogens is 232 g/mol. The van der Waals surface area contributed by atoms with Crippen LogP contribution in [-0.4, -0.2) is 46.3 Å². The predicted octanol–water partition coefficient (Wildman–Crippen LogP) is -0.0529. The Bertz CT molecular complexity index is 428. The van der Waals surface area contributed by atoms with Crippen LogP contribution in [0, 0.1) is 0 Å². The summed E-state index contributed by atoms with van der Waals surface area (Å²) >= 11 is 5.62. The van der Waals surface area contributed by atoms with E-state index in [9.17, 15) is 4.79 Å². The molecule has 0 saturated heterocycles. The minimum Gasteiger partial charge on any atom is -0.365 e. The summed E-state index contributed by atoms with van der Waals surface area (Å²) in [6.45, 7) is 2.13. The minimum atomic E-state index is -0.519. The highest BCUT2D eigenvalue weighted by atomic mass is 35.5. The Morgan fingerprint density at radius 2 is 2.56 bits per heavy atom. The number of aromatic nitrogens is 2. The van der Waals surface area contributed by atoms with Gasteiger partial charge in [0.05, 0.1) is 17.3 Å². The van der Waals surface area contributed by atoms with Gasteiger partial charge in [-0.15, -0.1) is 16.6 Å². The molecule has 8 heteroatoms. The van der Waals surface area contributed by atoms with Crippen LogP contribution in [-0.2, 0) is 0 Å². The van der Waals surface area contributed by atoms with E-state index in [-0.39, 0.29) is 0 Å². The highest BCUT2D eigenvalue weighted by molar-refractivity contribution is 6.17. The quantitative estimate of drug-likeness (QED) is 0.574. The molecule has 0 atom stereocenters. The van der Waals surface area contributed by atoms with Crippen LogP contribution >= 0.6 is 11.6 Å². The Kier molecular flexibility index (Phi) is 3.04. The molecule has 2 rings (SSSR count). The largest absolute Gasteiger partial charge is 0.365 e. The fourth-order valence-electron chi connectivity index (χ4n) is 1.52. The molecule has 0 fully saturated rings. The normalized spacial score (nSPS) is 15.3. The molecule has 0 aromatic carbocycles. The number of hydrogen-bond acceptors (Lipinski definition) is 4. The lowest BCUT2D eigenvalue weighted by molar-refractivity contribution is -0.575. The standard InChI is InChI=1S/C8H11ClN6O/c9-1-2-14-3-4-15(13-14)8-6(7(10)16)5-11-12-8/h5H,1-4H2,(H2-,10,11,12,13,16)/p+1. The van der Waals surface area contributed by atoms with Crippen LogP contribution in [0.3, 0.4) is 0 Å². The van der Waals surface area contributed by atoms with E-state index in [0.717, 1.165) is 6.54 Å². The number of amides is 1. The Hall–Kier alpha value is -1.63. The van der Waals surface area contributed by atoms with Gasteiger partial charge in [0.25, 0.3) is 11.7 Å². The van der Waals surface area contributed by atoms with Crippen molar-refractivity contribution in [3.63, 3.8) is 0 Å². The van der Waals surface area contributed by atoms with Crippen LogP contribution in [0.1, 0.15) is 10.4 Å². The monoisotopic (exact) mass is 243 g/mol. The smallest absolute Gasteiger partial charge is 0.256 e. The average Bonchev–Trinajstić information content (AvgIpc) is 2.83. The van der Waals surface area contributed by atoms with Gasteiger partial charge in [-0.2, -0.15) is 9.80 Å². The second kappa shape index (κ2) is 4.48. The number of nitrogens with zero attached hydrogens (tertiary/aromatic N) is 4. The summed E-state index contributed by atoms with van der Waals surface area (Å²) in [4.78, 5) is 11.1. The number of anilines is 1. The zero-order valence-electron chi connectivity index (χ0n) is 8.56. The number of carbonyl (C=O) groups excluding carboxylic acids is 1. The molecule has 3 N–H and O–H groups in total. The molecule has 86 valence electrons. The summed E-state index contributed by atoms with van der Waals surface area (Å²) in [7, 11) is 0. The van der Waals surface area contributed by atoms with Crippen molar-refractivity contribution in [2.24, 2.45) is 11.0 Å². The second-order valence-corrected chi connectivity index (χ2v) is 3.73. The third-order valence-electron chi connectivity index (χ3n) is 2.29. The molecule has 0 saturated carbocycles. The summed E-state index contributed by atoms with van der Waals surface area (Å²) < 4.78 is 1.83. The fraction of sp³-hybridized carbons (Fsp3) is 0.500. The first-order valence-electron chi connectivity index (χ1n) is 4.85. The zero-order chi connectivity index (χ0) is 11.5. The Labute approximate surface area is 96.8 Å². The molecule has 0 spiro atoms. The first-order chi connectivity index (χ1) is 7.72. The third-order valence-corrected chi connectivity index (χ3v) is 2.46. The highest BCUT2D eigenvalue weighted by Crippen LogP contribution is 2.18.